The van der Waals surface area contributed by atoms with E-state index in [1.54, 1.807) is 18.2 Å². The summed E-state index contributed by atoms with van der Waals surface area (Å²) in [6.07, 6.45) is 1.37. The Kier molecular flexibility index (Phi) is 12.8. The molecule has 0 spiro atoms. The van der Waals surface area contributed by atoms with Crippen LogP contribution in [0.2, 0.25) is 0 Å². The minimum Gasteiger partial charge on any atom is -0.357 e. The first-order valence-electron chi connectivity index (χ1n) is 12.6. The summed E-state index contributed by atoms with van der Waals surface area (Å²) in [6.45, 7) is 4.01. The predicted molar refractivity (Wildman–Crippen MR) is 151 cm³/mol. The van der Waals surface area contributed by atoms with Gasteiger partial charge in [-0.15, -0.1) is 0 Å². The van der Waals surface area contributed by atoms with Crippen molar-refractivity contribution < 1.29 is 22.8 Å². The van der Waals surface area contributed by atoms with Gasteiger partial charge >= 0.3 is 0 Å². The number of carbonyl (C=O) groups is 3. The number of nitrogens with one attached hydrogen (secondary N) is 4. The monoisotopic (exact) mass is 562 g/mol. The van der Waals surface area contributed by atoms with Crippen molar-refractivity contribution in [2.45, 2.75) is 61.8 Å². The molecule has 0 aromatic heterocycles. The molecule has 0 saturated heterocycles. The van der Waals surface area contributed by atoms with E-state index in [1.165, 1.54) is 19.2 Å². The quantitative estimate of drug-likeness (QED) is 0.167. The van der Waals surface area contributed by atoms with E-state index in [0.29, 0.717) is 25.7 Å². The summed E-state index contributed by atoms with van der Waals surface area (Å²) in [5.74, 6) is -1.11. The normalized spacial score (nSPS) is 13.8. The third-order valence-corrected chi connectivity index (χ3v) is 7.77. The van der Waals surface area contributed by atoms with Crippen LogP contribution >= 0.6 is 12.6 Å². The average Bonchev–Trinajstić information content (AvgIpc) is 2.90. The fourth-order valence-corrected chi connectivity index (χ4v) is 5.14. The maximum absolute atomic E-state index is 13.2. The molecule has 4 N–H and O–H groups in total. The molecular formula is C27H38N4O5S2. The Bertz CT molecular complexity index is 1140. The highest BCUT2D eigenvalue weighted by Gasteiger charge is 2.28. The van der Waals surface area contributed by atoms with Crippen LogP contribution in [-0.2, 0) is 30.8 Å². The lowest BCUT2D eigenvalue weighted by Gasteiger charge is -2.25. The molecule has 2 rings (SSSR count). The summed E-state index contributed by atoms with van der Waals surface area (Å²) in [5, 5.41) is 7.38. The van der Waals surface area contributed by atoms with Crippen LogP contribution < -0.4 is 20.7 Å². The number of benzene rings is 2. The molecule has 0 bridgehead atoms. The van der Waals surface area contributed by atoms with Gasteiger partial charge in [0.15, 0.2) is 0 Å². The summed E-state index contributed by atoms with van der Waals surface area (Å²) in [7, 11) is -2.12. The molecule has 3 amide bonds. The first-order chi connectivity index (χ1) is 18.0. The van der Waals surface area contributed by atoms with Crippen LogP contribution in [0.1, 0.15) is 38.7 Å². The number of hydrogen-bond donors (Lipinski definition) is 5. The van der Waals surface area contributed by atoms with Gasteiger partial charge < -0.3 is 16.0 Å². The Morgan fingerprint density at radius 1 is 0.842 bits per heavy atom. The minimum absolute atomic E-state index is 0.101. The lowest BCUT2D eigenvalue weighted by atomic mass is 10.0. The van der Waals surface area contributed by atoms with Gasteiger partial charge in [-0.25, -0.2) is 13.1 Å². The van der Waals surface area contributed by atoms with E-state index < -0.39 is 39.2 Å². The maximum atomic E-state index is 13.2. The van der Waals surface area contributed by atoms with E-state index in [4.69, 9.17) is 0 Å². The molecular weight excluding hydrogens is 524 g/mol. The smallest absolute Gasteiger partial charge is 0.243 e. The molecule has 2 aromatic rings. The summed E-state index contributed by atoms with van der Waals surface area (Å²) in [4.78, 5) is 38.6. The van der Waals surface area contributed by atoms with E-state index in [9.17, 15) is 22.8 Å². The minimum atomic E-state index is -3.63. The summed E-state index contributed by atoms with van der Waals surface area (Å²) < 4.78 is 27.2. The molecule has 0 aliphatic rings. The highest BCUT2D eigenvalue weighted by molar-refractivity contribution is 7.89. The number of thiol groups is 1. The Hall–Kier alpha value is -2.89. The molecule has 208 valence electrons. The topological polar surface area (TPSA) is 133 Å². The molecule has 9 nitrogen and oxygen atoms in total. The zero-order valence-electron chi connectivity index (χ0n) is 22.0. The van der Waals surface area contributed by atoms with E-state index in [0.717, 1.165) is 5.56 Å². The Morgan fingerprint density at radius 2 is 1.42 bits per heavy atom. The second kappa shape index (κ2) is 15.5. The van der Waals surface area contributed by atoms with Crippen molar-refractivity contribution in [2.75, 3.05) is 13.6 Å². The largest absolute Gasteiger partial charge is 0.357 e. The van der Waals surface area contributed by atoms with E-state index in [-0.39, 0.29) is 23.3 Å². The highest BCUT2D eigenvalue weighted by atomic mass is 32.2. The SMILES string of the molecule is CNC(=O)[C@H](Cc1ccccc1)NC(=O)[C@H](CC(C)C)NC(=O)C(S)CCCNS(=O)(=O)c1ccccc1. The van der Waals surface area contributed by atoms with Crippen molar-refractivity contribution in [3.05, 3.63) is 66.2 Å². The van der Waals surface area contributed by atoms with Gasteiger partial charge in [-0.1, -0.05) is 62.4 Å². The van der Waals surface area contributed by atoms with Gasteiger partial charge in [-0.2, -0.15) is 12.6 Å². The lowest BCUT2D eigenvalue weighted by Crippen LogP contribution is -2.55. The molecule has 0 saturated carbocycles. The van der Waals surface area contributed by atoms with Crippen LogP contribution in [0.15, 0.2) is 65.6 Å². The second-order valence-electron chi connectivity index (χ2n) is 9.42. The standard InChI is InChI=1S/C27H38N4O5S2/c1-19(2)17-22(26(33)30-23(25(32)28-3)18-20-11-6-4-7-12-20)31-27(34)24(37)15-10-16-29-38(35,36)21-13-8-5-9-14-21/h4-9,11-14,19,22-24,29,37H,10,15-18H2,1-3H3,(H,28,32)(H,30,33)(H,31,34)/t22-,23-,24?/m0/s1. The van der Waals surface area contributed by atoms with Crippen LogP contribution in [0.25, 0.3) is 0 Å². The second-order valence-corrected chi connectivity index (χ2v) is 11.8. The van der Waals surface area contributed by atoms with Crippen LogP contribution in [0, 0.1) is 5.92 Å². The molecule has 2 aromatic carbocycles. The van der Waals surface area contributed by atoms with Gasteiger partial charge in [0.25, 0.3) is 0 Å². The first-order valence-corrected chi connectivity index (χ1v) is 14.6. The maximum Gasteiger partial charge on any atom is 0.243 e. The van der Waals surface area contributed by atoms with E-state index in [1.807, 2.05) is 44.2 Å². The summed E-state index contributed by atoms with van der Waals surface area (Å²) in [5.41, 5.74) is 0.893. The van der Waals surface area contributed by atoms with Crippen LogP contribution in [0.5, 0.6) is 0 Å². The Balaban J connectivity index is 1.94. The fourth-order valence-electron chi connectivity index (χ4n) is 3.79. The number of rotatable bonds is 15. The number of amides is 3. The highest BCUT2D eigenvalue weighted by Crippen LogP contribution is 2.12. The zero-order valence-corrected chi connectivity index (χ0v) is 23.7. The zero-order chi connectivity index (χ0) is 28.1. The number of carbonyl (C=O) groups excluding carboxylic acids is 3. The van der Waals surface area contributed by atoms with Gasteiger partial charge in [0.05, 0.1) is 10.1 Å². The van der Waals surface area contributed by atoms with Gasteiger partial charge in [0, 0.05) is 20.0 Å². The van der Waals surface area contributed by atoms with Crippen molar-refractivity contribution in [1.82, 2.24) is 20.7 Å². The molecule has 38 heavy (non-hydrogen) atoms. The molecule has 3 atom stereocenters. The molecule has 11 heteroatoms. The molecule has 0 radical (unpaired) electrons. The average molecular weight is 563 g/mol. The molecule has 0 aliphatic heterocycles. The lowest BCUT2D eigenvalue weighted by molar-refractivity contribution is -0.132. The van der Waals surface area contributed by atoms with Gasteiger partial charge in [0.1, 0.15) is 12.1 Å². The van der Waals surface area contributed by atoms with E-state index in [2.05, 4.69) is 33.3 Å². The molecule has 0 heterocycles. The fraction of sp³-hybridized carbons (Fsp3) is 0.444. The number of sulfonamides is 1. The molecule has 1 unspecified atom stereocenters. The van der Waals surface area contributed by atoms with Gasteiger partial charge in [0.2, 0.25) is 27.7 Å². The molecule has 0 fully saturated rings. The summed E-state index contributed by atoms with van der Waals surface area (Å²) >= 11 is 4.37. The summed E-state index contributed by atoms with van der Waals surface area (Å²) in [6, 6.07) is 15.7. The van der Waals surface area contributed by atoms with Crippen molar-refractivity contribution in [3.63, 3.8) is 0 Å². The third-order valence-electron chi connectivity index (χ3n) is 5.80. The third kappa shape index (κ3) is 10.5. The van der Waals surface area contributed by atoms with Gasteiger partial charge in [-0.05, 0) is 42.9 Å². The Labute approximate surface area is 231 Å². The first kappa shape index (κ1) is 31.3. The molecule has 0 aliphatic carbocycles. The van der Waals surface area contributed by atoms with Crippen molar-refractivity contribution in [3.8, 4) is 0 Å². The Morgan fingerprint density at radius 3 is 2.00 bits per heavy atom. The van der Waals surface area contributed by atoms with Crippen LogP contribution in [-0.4, -0.2) is 57.1 Å². The van der Waals surface area contributed by atoms with Crippen LogP contribution in [0.3, 0.4) is 0 Å². The van der Waals surface area contributed by atoms with Crippen molar-refractivity contribution in [2.24, 2.45) is 5.92 Å². The van der Waals surface area contributed by atoms with Gasteiger partial charge in [-0.3, -0.25) is 14.4 Å². The number of hydrogen-bond acceptors (Lipinski definition) is 6. The van der Waals surface area contributed by atoms with Crippen molar-refractivity contribution in [1.29, 1.82) is 0 Å². The van der Waals surface area contributed by atoms with E-state index >= 15 is 0 Å². The predicted octanol–water partition coefficient (Wildman–Crippen LogP) is 2.05. The number of likely N-dealkylation sites (N-methyl/N-ethyl adjacent to an activating group) is 1. The van der Waals surface area contributed by atoms with Crippen molar-refractivity contribution >= 4 is 40.4 Å². The van der Waals surface area contributed by atoms with Crippen LogP contribution in [0.4, 0.5) is 0 Å².